The fraction of sp³-hybridized carbons (Fsp3) is 0.867. The molecule has 1 N–H and O–H groups in total. The molecule has 0 aromatic rings. The third-order valence-electron chi connectivity index (χ3n) is 3.84. The fourth-order valence-electron chi connectivity index (χ4n) is 2.29. The Bertz CT molecular complexity index is 336. The second-order valence-corrected chi connectivity index (χ2v) is 5.50. The zero-order valence-electron chi connectivity index (χ0n) is 13.4. The standard InChI is InChI=1S/C15H28N2O4/c1-4-12(2)14-15(19)17(11-13(18)16-14)7-5-6-8-21-10-9-20-3/h12,14H,4-11H2,1-3H3,(H,16,18). The second-order valence-electron chi connectivity index (χ2n) is 5.50. The molecule has 1 saturated heterocycles. The van der Waals surface area contributed by atoms with E-state index in [4.69, 9.17) is 9.47 Å². The molecule has 0 saturated carbocycles. The summed E-state index contributed by atoms with van der Waals surface area (Å²) in [4.78, 5) is 25.7. The summed E-state index contributed by atoms with van der Waals surface area (Å²) in [5.41, 5.74) is 0. The first-order chi connectivity index (χ1) is 10.1. The van der Waals surface area contributed by atoms with E-state index in [0.29, 0.717) is 26.4 Å². The molecule has 2 amide bonds. The second kappa shape index (κ2) is 9.73. The molecular weight excluding hydrogens is 272 g/mol. The molecule has 0 aromatic carbocycles. The van der Waals surface area contributed by atoms with Crippen LogP contribution in [-0.2, 0) is 19.1 Å². The van der Waals surface area contributed by atoms with Crippen molar-refractivity contribution in [1.82, 2.24) is 10.2 Å². The number of amides is 2. The lowest BCUT2D eigenvalue weighted by Crippen LogP contribution is -2.60. The number of rotatable bonds is 10. The van der Waals surface area contributed by atoms with E-state index in [1.807, 2.05) is 13.8 Å². The summed E-state index contributed by atoms with van der Waals surface area (Å²) in [5.74, 6) is 0.155. The van der Waals surface area contributed by atoms with Crippen LogP contribution in [0, 0.1) is 5.92 Å². The fourth-order valence-corrected chi connectivity index (χ4v) is 2.29. The van der Waals surface area contributed by atoms with Crippen LogP contribution in [0.5, 0.6) is 0 Å². The summed E-state index contributed by atoms with van der Waals surface area (Å²) in [6.07, 6.45) is 2.60. The minimum atomic E-state index is -0.366. The van der Waals surface area contributed by atoms with E-state index in [1.165, 1.54) is 0 Å². The molecule has 2 unspecified atom stereocenters. The smallest absolute Gasteiger partial charge is 0.245 e. The van der Waals surface area contributed by atoms with Gasteiger partial charge in [0.05, 0.1) is 19.8 Å². The predicted octanol–water partition coefficient (Wildman–Crippen LogP) is 0.803. The summed E-state index contributed by atoms with van der Waals surface area (Å²) in [6, 6.07) is -0.366. The molecule has 1 aliphatic rings. The van der Waals surface area contributed by atoms with Crippen molar-refractivity contribution >= 4 is 11.8 Å². The van der Waals surface area contributed by atoms with Crippen LogP contribution in [-0.4, -0.2) is 62.8 Å². The largest absolute Gasteiger partial charge is 0.382 e. The van der Waals surface area contributed by atoms with E-state index in [1.54, 1.807) is 12.0 Å². The monoisotopic (exact) mass is 300 g/mol. The Kier molecular flexibility index (Phi) is 8.30. The number of piperazine rings is 1. The molecule has 2 atom stereocenters. The lowest BCUT2D eigenvalue weighted by atomic mass is 9.96. The van der Waals surface area contributed by atoms with Crippen molar-refractivity contribution in [2.24, 2.45) is 5.92 Å². The van der Waals surface area contributed by atoms with Crippen molar-refractivity contribution in [2.75, 3.05) is 40.0 Å². The molecule has 6 heteroatoms. The van der Waals surface area contributed by atoms with Gasteiger partial charge >= 0.3 is 0 Å². The van der Waals surface area contributed by atoms with E-state index in [2.05, 4.69) is 5.32 Å². The number of ether oxygens (including phenoxy) is 2. The molecule has 0 aromatic heterocycles. The minimum absolute atomic E-state index is 0.0456. The Labute approximate surface area is 127 Å². The molecule has 1 fully saturated rings. The molecule has 6 nitrogen and oxygen atoms in total. The maximum atomic E-state index is 12.3. The average Bonchev–Trinajstić information content (AvgIpc) is 2.48. The Balaban J connectivity index is 2.29. The van der Waals surface area contributed by atoms with Gasteiger partial charge < -0.3 is 19.7 Å². The van der Waals surface area contributed by atoms with Crippen molar-refractivity contribution in [3.63, 3.8) is 0 Å². The van der Waals surface area contributed by atoms with Crippen molar-refractivity contribution in [3.8, 4) is 0 Å². The number of hydrogen-bond acceptors (Lipinski definition) is 4. The molecule has 1 rings (SSSR count). The summed E-state index contributed by atoms with van der Waals surface area (Å²) in [5, 5.41) is 2.80. The summed E-state index contributed by atoms with van der Waals surface area (Å²) >= 11 is 0. The van der Waals surface area contributed by atoms with Crippen molar-refractivity contribution < 1.29 is 19.1 Å². The number of nitrogens with one attached hydrogen (secondary N) is 1. The van der Waals surface area contributed by atoms with Gasteiger partial charge in [-0.2, -0.15) is 0 Å². The number of carbonyl (C=O) groups is 2. The zero-order chi connectivity index (χ0) is 15.7. The van der Waals surface area contributed by atoms with Crippen LogP contribution in [0.25, 0.3) is 0 Å². The number of hydrogen-bond donors (Lipinski definition) is 1. The SMILES string of the molecule is CCC(C)C1NC(=O)CN(CCCCOCCOC)C1=O. The van der Waals surface area contributed by atoms with E-state index in [-0.39, 0.29) is 30.3 Å². The first kappa shape index (κ1) is 17.9. The number of nitrogens with zero attached hydrogens (tertiary/aromatic N) is 1. The predicted molar refractivity (Wildman–Crippen MR) is 79.9 cm³/mol. The lowest BCUT2D eigenvalue weighted by Gasteiger charge is -2.35. The summed E-state index contributed by atoms with van der Waals surface area (Å²) in [6.45, 7) is 6.67. The van der Waals surface area contributed by atoms with Gasteiger partial charge in [-0.1, -0.05) is 20.3 Å². The van der Waals surface area contributed by atoms with E-state index < -0.39 is 0 Å². The highest BCUT2D eigenvalue weighted by Crippen LogP contribution is 2.14. The van der Waals surface area contributed by atoms with Crippen LogP contribution in [0.2, 0.25) is 0 Å². The van der Waals surface area contributed by atoms with Crippen LogP contribution in [0.3, 0.4) is 0 Å². The quantitative estimate of drug-likeness (QED) is 0.606. The highest BCUT2D eigenvalue weighted by Gasteiger charge is 2.34. The van der Waals surface area contributed by atoms with Gasteiger partial charge in [0.2, 0.25) is 11.8 Å². The van der Waals surface area contributed by atoms with Gasteiger partial charge in [-0.15, -0.1) is 0 Å². The van der Waals surface area contributed by atoms with Gasteiger partial charge in [-0.25, -0.2) is 0 Å². The third-order valence-corrected chi connectivity index (χ3v) is 3.84. The zero-order valence-corrected chi connectivity index (χ0v) is 13.4. The third kappa shape index (κ3) is 6.01. The van der Waals surface area contributed by atoms with Crippen LogP contribution < -0.4 is 5.32 Å². The Morgan fingerprint density at radius 3 is 2.71 bits per heavy atom. The summed E-state index contributed by atoms with van der Waals surface area (Å²) < 4.78 is 10.3. The van der Waals surface area contributed by atoms with E-state index >= 15 is 0 Å². The lowest BCUT2D eigenvalue weighted by molar-refractivity contribution is -0.145. The van der Waals surface area contributed by atoms with Gasteiger partial charge in [0.15, 0.2) is 0 Å². The average molecular weight is 300 g/mol. The van der Waals surface area contributed by atoms with Gasteiger partial charge in [-0.3, -0.25) is 9.59 Å². The molecule has 122 valence electrons. The molecule has 21 heavy (non-hydrogen) atoms. The van der Waals surface area contributed by atoms with Gasteiger partial charge in [0.1, 0.15) is 6.04 Å². The van der Waals surface area contributed by atoms with Crippen LogP contribution in [0.4, 0.5) is 0 Å². The van der Waals surface area contributed by atoms with Gasteiger partial charge in [0, 0.05) is 20.3 Å². The van der Waals surface area contributed by atoms with Crippen molar-refractivity contribution in [2.45, 2.75) is 39.2 Å². The molecule has 0 spiro atoms. The first-order valence-electron chi connectivity index (χ1n) is 7.75. The molecule has 0 radical (unpaired) electrons. The Morgan fingerprint density at radius 2 is 2.05 bits per heavy atom. The number of carbonyl (C=O) groups excluding carboxylic acids is 2. The van der Waals surface area contributed by atoms with Gasteiger partial charge in [0.25, 0.3) is 0 Å². The molecule has 0 bridgehead atoms. The maximum absolute atomic E-state index is 12.3. The van der Waals surface area contributed by atoms with E-state index in [9.17, 15) is 9.59 Å². The number of unbranched alkanes of at least 4 members (excludes halogenated alkanes) is 1. The van der Waals surface area contributed by atoms with Crippen molar-refractivity contribution in [1.29, 1.82) is 0 Å². The van der Waals surface area contributed by atoms with E-state index in [0.717, 1.165) is 19.3 Å². The van der Waals surface area contributed by atoms with Crippen LogP contribution in [0.1, 0.15) is 33.1 Å². The first-order valence-corrected chi connectivity index (χ1v) is 7.75. The highest BCUT2D eigenvalue weighted by atomic mass is 16.5. The molecule has 0 aliphatic carbocycles. The highest BCUT2D eigenvalue weighted by molar-refractivity contribution is 5.94. The maximum Gasteiger partial charge on any atom is 0.245 e. The molecular formula is C15H28N2O4. The van der Waals surface area contributed by atoms with Crippen LogP contribution >= 0.6 is 0 Å². The molecule has 1 heterocycles. The minimum Gasteiger partial charge on any atom is -0.382 e. The number of methoxy groups -OCH3 is 1. The topological polar surface area (TPSA) is 67.9 Å². The van der Waals surface area contributed by atoms with Crippen molar-refractivity contribution in [3.05, 3.63) is 0 Å². The van der Waals surface area contributed by atoms with Gasteiger partial charge in [-0.05, 0) is 18.8 Å². The summed E-state index contributed by atoms with van der Waals surface area (Å²) in [7, 11) is 1.64. The molecule has 1 aliphatic heterocycles. The Morgan fingerprint density at radius 1 is 1.29 bits per heavy atom. The Hall–Kier alpha value is -1.14. The van der Waals surface area contributed by atoms with Crippen LogP contribution in [0.15, 0.2) is 0 Å². The normalized spacial score (nSPS) is 20.5.